The first kappa shape index (κ1) is 33.2. The van der Waals surface area contributed by atoms with Crippen LogP contribution in [0.3, 0.4) is 0 Å². The largest absolute Gasteiger partial charge is 0.309 e. The average Bonchev–Trinajstić information content (AvgIpc) is 3.97. The topological polar surface area (TPSA) is 8.17 Å². The molecule has 4 heteroatoms. The minimum Gasteiger partial charge on any atom is -0.309 e. The highest BCUT2D eigenvalue weighted by Gasteiger charge is 2.19. The third-order valence-electron chi connectivity index (χ3n) is 11.6. The van der Waals surface area contributed by atoms with Crippen molar-refractivity contribution in [1.82, 2.24) is 4.57 Å². The summed E-state index contributed by atoms with van der Waals surface area (Å²) in [6, 6.07) is 75.6. The van der Waals surface area contributed by atoms with Gasteiger partial charge in [0.2, 0.25) is 0 Å². The van der Waals surface area contributed by atoms with Crippen LogP contribution < -0.4 is 4.90 Å². The van der Waals surface area contributed by atoms with Crippen molar-refractivity contribution in [3.63, 3.8) is 0 Å². The number of fused-ring (bicyclic) bond motifs is 9. The maximum absolute atomic E-state index is 2.43. The van der Waals surface area contributed by atoms with Crippen LogP contribution in [0.4, 0.5) is 17.1 Å². The molecule has 0 radical (unpaired) electrons. The molecule has 0 saturated carbocycles. The van der Waals surface area contributed by atoms with Gasteiger partial charge in [0.15, 0.2) is 0 Å². The van der Waals surface area contributed by atoms with Crippen molar-refractivity contribution in [2.75, 3.05) is 4.90 Å². The van der Waals surface area contributed by atoms with Gasteiger partial charge in [-0.15, -0.1) is 22.7 Å². The lowest BCUT2D eigenvalue weighted by Crippen LogP contribution is -2.10. The number of thiophene rings is 2. The third-order valence-corrected chi connectivity index (χ3v) is 14.0. The van der Waals surface area contributed by atoms with Crippen LogP contribution in [0.1, 0.15) is 0 Å². The molecule has 3 aromatic heterocycles. The van der Waals surface area contributed by atoms with E-state index in [-0.39, 0.29) is 0 Å². The fraction of sp³-hybridized carbons (Fsp3) is 0. The fourth-order valence-corrected chi connectivity index (χ4v) is 11.1. The Bertz CT molecular complexity index is 3500. The highest BCUT2D eigenvalue weighted by molar-refractivity contribution is 7.26. The summed E-state index contributed by atoms with van der Waals surface area (Å²) in [5, 5.41) is 7.73. The first-order chi connectivity index (χ1) is 28.7. The zero-order valence-electron chi connectivity index (χ0n) is 31.3. The molecule has 0 N–H and O–H groups in total. The van der Waals surface area contributed by atoms with Crippen molar-refractivity contribution in [1.29, 1.82) is 0 Å². The Balaban J connectivity index is 0.968. The average molecular weight is 775 g/mol. The van der Waals surface area contributed by atoms with Crippen molar-refractivity contribution < 1.29 is 0 Å². The Morgan fingerprint density at radius 1 is 0.328 bits per heavy atom. The lowest BCUT2D eigenvalue weighted by atomic mass is 10.0. The second-order valence-corrected chi connectivity index (χ2v) is 17.0. The first-order valence-electron chi connectivity index (χ1n) is 19.7. The molecule has 2 nitrogen and oxygen atoms in total. The van der Waals surface area contributed by atoms with Crippen LogP contribution in [0.2, 0.25) is 0 Å². The number of benzene rings is 9. The van der Waals surface area contributed by atoms with Gasteiger partial charge in [0.25, 0.3) is 0 Å². The molecule has 0 unspecified atom stereocenters. The SMILES string of the molecule is c1ccc(-c2ccc(N(c3ccc(-c4ccc5c(c4)c4ccccc4n5-c4ccc5sc6ccccc6c5c4)cc3)c3cccc4c3sc3ccccc34)cc2)cc1. The van der Waals surface area contributed by atoms with Crippen molar-refractivity contribution in [2.45, 2.75) is 0 Å². The molecule has 0 bridgehead atoms. The molecule has 0 fully saturated rings. The van der Waals surface area contributed by atoms with Crippen LogP contribution in [0, 0.1) is 0 Å². The Hall–Kier alpha value is -6.98. The molecule has 9 aromatic carbocycles. The number of hydrogen-bond donors (Lipinski definition) is 0. The van der Waals surface area contributed by atoms with E-state index in [1.165, 1.54) is 95.8 Å². The van der Waals surface area contributed by atoms with Gasteiger partial charge in [0.1, 0.15) is 0 Å². The molecule has 58 heavy (non-hydrogen) atoms. The van der Waals surface area contributed by atoms with Gasteiger partial charge in [-0.05, 0) is 101 Å². The summed E-state index contributed by atoms with van der Waals surface area (Å²) in [6.07, 6.45) is 0. The van der Waals surface area contributed by atoms with Crippen LogP contribution in [-0.4, -0.2) is 4.57 Å². The van der Waals surface area contributed by atoms with Crippen LogP contribution >= 0.6 is 22.7 Å². The minimum absolute atomic E-state index is 1.12. The smallest absolute Gasteiger partial charge is 0.0640 e. The summed E-state index contributed by atoms with van der Waals surface area (Å²) in [6.45, 7) is 0. The second kappa shape index (κ2) is 13.3. The lowest BCUT2D eigenvalue weighted by molar-refractivity contribution is 1.19. The van der Waals surface area contributed by atoms with E-state index in [4.69, 9.17) is 0 Å². The molecule has 0 aliphatic carbocycles. The molecule has 0 spiro atoms. The molecule has 0 saturated heterocycles. The van der Waals surface area contributed by atoms with E-state index in [2.05, 4.69) is 216 Å². The van der Waals surface area contributed by atoms with Crippen LogP contribution in [-0.2, 0) is 0 Å². The maximum atomic E-state index is 2.43. The van der Waals surface area contributed by atoms with E-state index >= 15 is 0 Å². The molecule has 12 aromatic rings. The summed E-state index contributed by atoms with van der Waals surface area (Å²) in [5.41, 5.74) is 11.8. The molecule has 272 valence electrons. The number of nitrogens with zero attached hydrogens (tertiary/aromatic N) is 2. The fourth-order valence-electron chi connectivity index (χ4n) is 8.86. The molecular weight excluding hydrogens is 741 g/mol. The third kappa shape index (κ3) is 5.30. The van der Waals surface area contributed by atoms with E-state index in [0.717, 1.165) is 11.4 Å². The monoisotopic (exact) mass is 774 g/mol. The zero-order valence-corrected chi connectivity index (χ0v) is 33.0. The molecule has 0 aliphatic rings. The van der Waals surface area contributed by atoms with Crippen molar-refractivity contribution in [2.24, 2.45) is 0 Å². The van der Waals surface area contributed by atoms with E-state index in [1.54, 1.807) is 0 Å². The van der Waals surface area contributed by atoms with Crippen LogP contribution in [0.25, 0.3) is 90.1 Å². The summed E-state index contributed by atoms with van der Waals surface area (Å²) >= 11 is 3.73. The molecule has 3 heterocycles. The molecule has 0 amide bonds. The van der Waals surface area contributed by atoms with Gasteiger partial charge in [-0.3, -0.25) is 0 Å². The van der Waals surface area contributed by atoms with Gasteiger partial charge in [-0.25, -0.2) is 0 Å². The Labute approximate surface area is 343 Å². The van der Waals surface area contributed by atoms with Crippen LogP contribution in [0.5, 0.6) is 0 Å². The van der Waals surface area contributed by atoms with Gasteiger partial charge >= 0.3 is 0 Å². The molecule has 0 atom stereocenters. The van der Waals surface area contributed by atoms with E-state index < -0.39 is 0 Å². The van der Waals surface area contributed by atoms with Crippen molar-refractivity contribution in [3.8, 4) is 27.9 Å². The summed E-state index contributed by atoms with van der Waals surface area (Å²) in [5.74, 6) is 0. The molecular formula is C54H34N2S2. The van der Waals surface area contributed by atoms with E-state index in [0.29, 0.717) is 0 Å². The maximum Gasteiger partial charge on any atom is 0.0640 e. The number of anilines is 3. The summed E-state index contributed by atoms with van der Waals surface area (Å²) in [4.78, 5) is 2.42. The van der Waals surface area contributed by atoms with E-state index in [1.807, 2.05) is 22.7 Å². The Kier molecular flexibility index (Phi) is 7.62. The lowest BCUT2D eigenvalue weighted by Gasteiger charge is -2.26. The predicted molar refractivity (Wildman–Crippen MR) is 252 cm³/mol. The predicted octanol–water partition coefficient (Wildman–Crippen LogP) is 16.3. The first-order valence-corrected chi connectivity index (χ1v) is 21.3. The quantitative estimate of drug-likeness (QED) is 0.163. The Morgan fingerprint density at radius 3 is 1.64 bits per heavy atom. The molecule has 0 aliphatic heterocycles. The zero-order chi connectivity index (χ0) is 38.2. The normalized spacial score (nSPS) is 11.8. The summed E-state index contributed by atoms with van der Waals surface area (Å²) < 4.78 is 7.66. The number of rotatable bonds is 6. The van der Waals surface area contributed by atoms with Crippen molar-refractivity contribution >= 4 is 102 Å². The van der Waals surface area contributed by atoms with Crippen molar-refractivity contribution in [3.05, 3.63) is 206 Å². The molecule has 12 rings (SSSR count). The van der Waals surface area contributed by atoms with Gasteiger partial charge in [0, 0.05) is 63.5 Å². The Morgan fingerprint density at radius 2 is 0.879 bits per heavy atom. The van der Waals surface area contributed by atoms with Crippen LogP contribution in [0.15, 0.2) is 206 Å². The number of hydrogen-bond acceptors (Lipinski definition) is 3. The van der Waals surface area contributed by atoms with Gasteiger partial charge in [-0.1, -0.05) is 127 Å². The van der Waals surface area contributed by atoms with Gasteiger partial charge < -0.3 is 9.47 Å². The standard InChI is InChI=1S/C54H34N2S2/c1-2-11-35(12-3-1)36-21-26-39(27-22-36)55(50-18-10-16-45-43-14-5-9-20-52(43)58-54(45)50)40-28-23-37(24-29-40)38-25-31-49-46(33-38)42-13-4-7-17-48(42)56(49)41-30-32-53-47(34-41)44-15-6-8-19-51(44)57-53/h1-34H. The number of para-hydroxylation sites is 1. The number of aromatic nitrogens is 1. The highest BCUT2D eigenvalue weighted by atomic mass is 32.1. The summed E-state index contributed by atoms with van der Waals surface area (Å²) in [7, 11) is 0. The second-order valence-electron chi connectivity index (χ2n) is 14.9. The van der Waals surface area contributed by atoms with Gasteiger partial charge in [0.05, 0.1) is 21.4 Å². The highest BCUT2D eigenvalue weighted by Crippen LogP contribution is 2.46. The minimum atomic E-state index is 1.12. The van der Waals surface area contributed by atoms with E-state index in [9.17, 15) is 0 Å². The van der Waals surface area contributed by atoms with Gasteiger partial charge in [-0.2, -0.15) is 0 Å².